The monoisotopic (exact) mass is 522 g/mol. The van der Waals surface area contributed by atoms with Crippen LogP contribution in [-0.2, 0) is 0 Å². The van der Waals surface area contributed by atoms with Crippen LogP contribution in [0.2, 0.25) is 0 Å². The zero-order valence-corrected chi connectivity index (χ0v) is 13.6. The topological polar surface area (TPSA) is 20.2 Å². The predicted octanol–water partition coefficient (Wildman–Crippen LogP) is 5.17. The van der Waals surface area contributed by atoms with Crippen molar-refractivity contribution in [3.63, 3.8) is 0 Å². The molecule has 0 spiro atoms. The molecule has 4 aliphatic rings. The van der Waals surface area contributed by atoms with Crippen molar-refractivity contribution in [2.24, 2.45) is 5.41 Å². The van der Waals surface area contributed by atoms with E-state index in [4.69, 9.17) is 5.11 Å². The minimum atomic E-state index is -8.78. The first-order chi connectivity index (χ1) is 13.5. The summed E-state index contributed by atoms with van der Waals surface area (Å²) in [5, 5.41) is 7.93. The number of alkyl halides is 19. The highest BCUT2D eigenvalue weighted by molar-refractivity contribution is 5.54. The molecule has 188 valence electrons. The summed E-state index contributed by atoms with van der Waals surface area (Å²) in [5.74, 6) is -60.0. The molecular weight excluding hydrogens is 521 g/mol. The van der Waals surface area contributed by atoms with Gasteiger partial charge in [0.15, 0.2) is 0 Å². The smallest absolute Gasteiger partial charge is 0.332 e. The molecule has 32 heavy (non-hydrogen) atoms. The van der Waals surface area contributed by atoms with Crippen LogP contribution < -0.4 is 0 Å². The third-order valence-electron chi connectivity index (χ3n) is 6.16. The largest absolute Gasteiger partial charge is 0.418 e. The van der Waals surface area contributed by atoms with Crippen molar-refractivity contribution >= 4 is 0 Å². The molecule has 1 N–H and O–H groups in total. The van der Waals surface area contributed by atoms with E-state index >= 15 is 0 Å². The maximum absolute atomic E-state index is 14.5. The summed E-state index contributed by atoms with van der Waals surface area (Å²) in [6.07, 6.45) is -7.82. The number of rotatable bonds is 2. The molecule has 0 aromatic heterocycles. The molecule has 4 bridgehead atoms. The highest BCUT2D eigenvalue weighted by atomic mass is 19.4. The summed E-state index contributed by atoms with van der Waals surface area (Å²) in [6.45, 7) is 0. The van der Waals surface area contributed by atoms with E-state index in [0.717, 1.165) is 0 Å². The molecule has 4 rings (SSSR count). The van der Waals surface area contributed by atoms with Gasteiger partial charge < -0.3 is 5.11 Å². The van der Waals surface area contributed by atoms with Gasteiger partial charge in [-0.3, -0.25) is 0 Å². The van der Waals surface area contributed by atoms with Crippen LogP contribution in [0.25, 0.3) is 0 Å². The van der Waals surface area contributed by atoms with Crippen LogP contribution in [0.3, 0.4) is 0 Å². The first-order valence-electron chi connectivity index (χ1n) is 7.31. The normalized spacial score (nSPS) is 46.9. The summed E-state index contributed by atoms with van der Waals surface area (Å²) in [6, 6.07) is 0. The lowest BCUT2D eigenvalue weighted by atomic mass is 9.35. The van der Waals surface area contributed by atoms with Crippen LogP contribution in [0, 0.1) is 5.41 Å². The summed E-state index contributed by atoms with van der Waals surface area (Å²) in [5.41, 5.74) is -34.1. The molecule has 4 aliphatic carbocycles. The second-order valence-electron chi connectivity index (χ2n) is 7.29. The molecule has 0 heterocycles. The first-order valence-corrected chi connectivity index (χ1v) is 7.31. The van der Waals surface area contributed by atoms with E-state index in [9.17, 15) is 83.4 Å². The third kappa shape index (κ3) is 1.41. The van der Waals surface area contributed by atoms with E-state index in [0.29, 0.717) is 0 Å². The van der Waals surface area contributed by atoms with Crippen molar-refractivity contribution in [3.8, 4) is 0 Å². The maximum Gasteiger partial charge on any atom is 0.418 e. The second kappa shape index (κ2) is 4.87. The quantitative estimate of drug-likeness (QED) is 0.497. The molecule has 0 atom stereocenters. The molecule has 4 fully saturated rings. The molecule has 0 radical (unpaired) electrons. The fourth-order valence-corrected chi connectivity index (χ4v) is 4.67. The van der Waals surface area contributed by atoms with Gasteiger partial charge in [-0.15, -0.1) is 0 Å². The zero-order valence-electron chi connectivity index (χ0n) is 13.6. The Morgan fingerprint density at radius 3 is 0.719 bits per heavy atom. The SMILES string of the molecule is OC(F)(F)C(F)(F)C12C(F)(F)C3(F)C(F)(F)C(F)(C(F)(F)C(F)(C3(F)F)C1(F)F)C2(F)F. The van der Waals surface area contributed by atoms with Gasteiger partial charge in [-0.05, 0) is 0 Å². The molecule has 0 aromatic rings. The van der Waals surface area contributed by atoms with E-state index in [-0.39, 0.29) is 0 Å². The van der Waals surface area contributed by atoms with Gasteiger partial charge in [0, 0.05) is 0 Å². The Labute approximate surface area is 160 Å². The van der Waals surface area contributed by atoms with Crippen molar-refractivity contribution in [2.75, 3.05) is 0 Å². The molecule has 1 nitrogen and oxygen atoms in total. The van der Waals surface area contributed by atoms with Gasteiger partial charge in [0.2, 0.25) is 5.41 Å². The van der Waals surface area contributed by atoms with Crippen molar-refractivity contribution < 1.29 is 88.5 Å². The Bertz CT molecular complexity index is 768. The summed E-state index contributed by atoms with van der Waals surface area (Å²) in [4.78, 5) is 0. The van der Waals surface area contributed by atoms with E-state index in [1.54, 1.807) is 0 Å². The van der Waals surface area contributed by atoms with Crippen LogP contribution >= 0.6 is 0 Å². The summed E-state index contributed by atoms with van der Waals surface area (Å²) in [7, 11) is 0. The molecule has 0 aromatic carbocycles. The minimum Gasteiger partial charge on any atom is -0.332 e. The average molecular weight is 522 g/mol. The summed E-state index contributed by atoms with van der Waals surface area (Å²) >= 11 is 0. The van der Waals surface area contributed by atoms with Crippen LogP contribution in [0.15, 0.2) is 0 Å². The van der Waals surface area contributed by atoms with Crippen molar-refractivity contribution in [1.29, 1.82) is 0 Å². The molecule has 0 unspecified atom stereocenters. The lowest BCUT2D eigenvalue weighted by Crippen LogP contribution is -3.09. The standard InChI is InChI=1S/C12HF19O/c13-2-5(16,17)1(8(22,23)12(30,31)32)6(18,19)3(14,9(2,24)25)11(28,29)4(15,7(1,20)21)10(2,26)27/h32H. The van der Waals surface area contributed by atoms with E-state index in [2.05, 4.69) is 0 Å². The van der Waals surface area contributed by atoms with Crippen molar-refractivity contribution in [1.82, 2.24) is 0 Å². The number of aliphatic hydroxyl groups is 1. The van der Waals surface area contributed by atoms with E-state index in [1.165, 1.54) is 0 Å². The average Bonchev–Trinajstić information content (AvgIpc) is 2.53. The second-order valence-corrected chi connectivity index (χ2v) is 7.29. The predicted molar refractivity (Wildman–Crippen MR) is 55.7 cm³/mol. The lowest BCUT2D eigenvalue weighted by molar-refractivity contribution is -0.638. The molecule has 20 heteroatoms. The van der Waals surface area contributed by atoms with Crippen LogP contribution in [-0.4, -0.2) is 69.7 Å². The van der Waals surface area contributed by atoms with Crippen LogP contribution in [0.4, 0.5) is 83.4 Å². The zero-order chi connectivity index (χ0) is 26.0. The fraction of sp³-hybridized carbons (Fsp3) is 1.00. The first kappa shape index (κ1) is 25.3. The van der Waals surface area contributed by atoms with E-state index in [1.807, 2.05) is 0 Å². The highest BCUT2D eigenvalue weighted by Crippen LogP contribution is 2.93. The van der Waals surface area contributed by atoms with Gasteiger partial charge in [-0.2, -0.15) is 43.9 Å². The summed E-state index contributed by atoms with van der Waals surface area (Å²) < 4.78 is 267. The Balaban J connectivity index is 2.82. The molecule has 0 aliphatic heterocycles. The van der Waals surface area contributed by atoms with Crippen molar-refractivity contribution in [3.05, 3.63) is 0 Å². The lowest BCUT2D eigenvalue weighted by Gasteiger charge is -2.75. The third-order valence-corrected chi connectivity index (χ3v) is 6.16. The van der Waals surface area contributed by atoms with Gasteiger partial charge in [-0.25, -0.2) is 39.5 Å². The molecular formula is C12HF19O. The van der Waals surface area contributed by atoms with Gasteiger partial charge in [0.1, 0.15) is 0 Å². The number of halogens is 19. The van der Waals surface area contributed by atoms with Gasteiger partial charge >= 0.3 is 64.6 Å². The number of hydrogen-bond acceptors (Lipinski definition) is 1. The molecule has 4 saturated carbocycles. The Morgan fingerprint density at radius 2 is 0.562 bits per heavy atom. The van der Waals surface area contributed by atoms with E-state index < -0.39 is 70.0 Å². The Hall–Kier alpha value is -1.37. The van der Waals surface area contributed by atoms with Gasteiger partial charge in [0.05, 0.1) is 0 Å². The Morgan fingerprint density at radius 1 is 0.375 bits per heavy atom. The van der Waals surface area contributed by atoms with Crippen LogP contribution in [0.5, 0.6) is 0 Å². The van der Waals surface area contributed by atoms with Crippen LogP contribution in [0.1, 0.15) is 0 Å². The maximum atomic E-state index is 14.5. The Kier molecular flexibility index (Phi) is 3.84. The van der Waals surface area contributed by atoms with Gasteiger partial charge in [-0.1, -0.05) is 0 Å². The van der Waals surface area contributed by atoms with Gasteiger partial charge in [0.25, 0.3) is 0 Å². The fourth-order valence-electron chi connectivity index (χ4n) is 4.67. The minimum absolute atomic E-state index is 7.82. The molecule has 0 saturated heterocycles. The highest BCUT2D eigenvalue weighted by Gasteiger charge is 3.25. The van der Waals surface area contributed by atoms with Crippen molar-refractivity contribution in [2.45, 2.75) is 64.6 Å². The molecule has 0 amide bonds. The number of hydrogen-bond donors (Lipinski definition) is 1.